The van der Waals surface area contributed by atoms with Gasteiger partial charge in [-0.1, -0.05) is 17.7 Å². The highest BCUT2D eigenvalue weighted by molar-refractivity contribution is 8.18. The van der Waals surface area contributed by atoms with Crippen LogP contribution < -0.4 is 9.47 Å². The van der Waals surface area contributed by atoms with Gasteiger partial charge in [0.2, 0.25) is 6.79 Å². The summed E-state index contributed by atoms with van der Waals surface area (Å²) >= 11 is 7.08. The maximum Gasteiger partial charge on any atom is 0.293 e. The van der Waals surface area contributed by atoms with E-state index in [-0.39, 0.29) is 23.9 Å². The van der Waals surface area contributed by atoms with Crippen molar-refractivity contribution in [1.29, 1.82) is 0 Å². The Morgan fingerprint density at radius 1 is 1.15 bits per heavy atom. The molecule has 0 saturated carbocycles. The fourth-order valence-corrected chi connectivity index (χ4v) is 4.61. The van der Waals surface area contributed by atoms with Crippen LogP contribution in [0.1, 0.15) is 16.9 Å². The summed E-state index contributed by atoms with van der Waals surface area (Å²) in [6.07, 6.45) is 1.47. The van der Waals surface area contributed by atoms with Gasteiger partial charge in [-0.25, -0.2) is 0 Å². The molecular formula is C23H15ClN2O7S. The van der Waals surface area contributed by atoms with Crippen LogP contribution in [0.5, 0.6) is 11.5 Å². The lowest BCUT2D eigenvalue weighted by Crippen LogP contribution is -2.27. The molecule has 2 aromatic carbocycles. The van der Waals surface area contributed by atoms with Gasteiger partial charge >= 0.3 is 0 Å². The minimum atomic E-state index is -0.479. The lowest BCUT2D eigenvalue weighted by molar-refractivity contribution is -0.384. The summed E-state index contributed by atoms with van der Waals surface area (Å²) in [4.78, 5) is 37.4. The van der Waals surface area contributed by atoms with E-state index in [1.165, 1.54) is 18.2 Å². The summed E-state index contributed by atoms with van der Waals surface area (Å²) in [5.41, 5.74) is 1.87. The van der Waals surface area contributed by atoms with Gasteiger partial charge in [-0.05, 0) is 48.0 Å². The highest BCUT2D eigenvalue weighted by Crippen LogP contribution is 2.40. The van der Waals surface area contributed by atoms with Gasteiger partial charge in [0.25, 0.3) is 16.8 Å². The molecule has 3 heterocycles. The third kappa shape index (κ3) is 4.02. The van der Waals surface area contributed by atoms with Gasteiger partial charge in [0.05, 0.1) is 16.4 Å². The van der Waals surface area contributed by atoms with Crippen LogP contribution in [0.4, 0.5) is 10.5 Å². The SMILES string of the molecule is Cc1ccc([N+](=O)[O-])cc1-c1ccc(/C=C2\SC(=O)N(Cc3cc4c(cc3Cl)OCO4)C2=O)o1. The van der Waals surface area contributed by atoms with Crippen LogP contribution in [0, 0.1) is 17.0 Å². The maximum atomic E-state index is 12.9. The van der Waals surface area contributed by atoms with E-state index in [2.05, 4.69) is 0 Å². The zero-order valence-electron chi connectivity index (χ0n) is 17.6. The lowest BCUT2D eigenvalue weighted by Gasteiger charge is -2.14. The van der Waals surface area contributed by atoms with Crippen molar-refractivity contribution in [2.75, 3.05) is 6.79 Å². The average molecular weight is 499 g/mol. The molecule has 3 aromatic rings. The number of furan rings is 1. The first-order valence-electron chi connectivity index (χ1n) is 9.99. The molecule has 1 saturated heterocycles. The number of benzene rings is 2. The third-order valence-corrected chi connectivity index (χ3v) is 6.60. The topological polar surface area (TPSA) is 112 Å². The van der Waals surface area contributed by atoms with Crippen LogP contribution in [-0.2, 0) is 11.3 Å². The summed E-state index contributed by atoms with van der Waals surface area (Å²) in [6.45, 7) is 1.88. The van der Waals surface area contributed by atoms with Gasteiger partial charge in [0.1, 0.15) is 11.5 Å². The fourth-order valence-electron chi connectivity index (χ4n) is 3.58. The van der Waals surface area contributed by atoms with Gasteiger partial charge in [-0.15, -0.1) is 0 Å². The van der Waals surface area contributed by atoms with E-state index in [0.29, 0.717) is 39.2 Å². The largest absolute Gasteiger partial charge is 0.457 e. The number of nitrogens with zero attached hydrogens (tertiary/aromatic N) is 2. The van der Waals surface area contributed by atoms with Crippen molar-refractivity contribution in [2.24, 2.45) is 0 Å². The first kappa shape index (κ1) is 22.1. The number of nitro benzene ring substituents is 1. The number of imide groups is 1. The predicted octanol–water partition coefficient (Wildman–Crippen LogP) is 5.78. The molecule has 1 aromatic heterocycles. The molecule has 0 bridgehead atoms. The second-order valence-electron chi connectivity index (χ2n) is 7.52. The first-order valence-corrected chi connectivity index (χ1v) is 11.2. The third-order valence-electron chi connectivity index (χ3n) is 5.34. The molecule has 34 heavy (non-hydrogen) atoms. The summed E-state index contributed by atoms with van der Waals surface area (Å²) < 4.78 is 16.4. The molecule has 2 aliphatic rings. The van der Waals surface area contributed by atoms with Crippen molar-refractivity contribution < 1.29 is 28.4 Å². The van der Waals surface area contributed by atoms with Crippen molar-refractivity contribution >= 4 is 46.3 Å². The molecule has 2 amide bonds. The molecule has 11 heteroatoms. The Bertz CT molecular complexity index is 1400. The zero-order valence-corrected chi connectivity index (χ0v) is 19.1. The first-order chi connectivity index (χ1) is 16.3. The van der Waals surface area contributed by atoms with Crippen LogP contribution >= 0.6 is 23.4 Å². The molecular weight excluding hydrogens is 484 g/mol. The molecule has 0 spiro atoms. The summed E-state index contributed by atoms with van der Waals surface area (Å²) in [6, 6.07) is 11.0. The second-order valence-corrected chi connectivity index (χ2v) is 8.92. The van der Waals surface area contributed by atoms with Gasteiger partial charge in [0.15, 0.2) is 11.5 Å². The molecule has 9 nitrogen and oxygen atoms in total. The highest BCUT2D eigenvalue weighted by atomic mass is 35.5. The summed E-state index contributed by atoms with van der Waals surface area (Å²) in [5.74, 6) is 1.29. The fraction of sp³-hybridized carbons (Fsp3) is 0.130. The number of rotatable bonds is 5. The zero-order chi connectivity index (χ0) is 24.0. The monoisotopic (exact) mass is 498 g/mol. The minimum Gasteiger partial charge on any atom is -0.457 e. The molecule has 0 N–H and O–H groups in total. The molecule has 0 radical (unpaired) electrons. The Morgan fingerprint density at radius 3 is 2.68 bits per heavy atom. The van der Waals surface area contributed by atoms with E-state index >= 15 is 0 Å². The van der Waals surface area contributed by atoms with E-state index in [4.69, 9.17) is 25.5 Å². The van der Waals surface area contributed by atoms with Crippen LogP contribution in [0.15, 0.2) is 51.8 Å². The predicted molar refractivity (Wildman–Crippen MR) is 125 cm³/mol. The second kappa shape index (κ2) is 8.54. The van der Waals surface area contributed by atoms with E-state index in [1.54, 1.807) is 30.3 Å². The van der Waals surface area contributed by atoms with Crippen LogP contribution in [0.25, 0.3) is 17.4 Å². The van der Waals surface area contributed by atoms with Crippen molar-refractivity contribution in [3.05, 3.63) is 79.4 Å². The standard InChI is InChI=1S/C23H15ClN2O7S/c1-12-2-3-14(26(29)30)7-16(12)18-5-4-15(33-18)8-21-22(27)25(23(28)34-21)10-13-6-19-20(9-17(13)24)32-11-31-19/h2-9H,10-11H2,1H3/b21-8-. The Hall–Kier alpha value is -3.76. The smallest absolute Gasteiger partial charge is 0.293 e. The van der Waals surface area contributed by atoms with Crippen molar-refractivity contribution in [1.82, 2.24) is 4.90 Å². The molecule has 0 unspecified atom stereocenters. The van der Waals surface area contributed by atoms with Crippen molar-refractivity contribution in [3.63, 3.8) is 0 Å². The Balaban J connectivity index is 1.38. The van der Waals surface area contributed by atoms with E-state index < -0.39 is 16.1 Å². The quantitative estimate of drug-likeness (QED) is 0.247. The number of hydrogen-bond donors (Lipinski definition) is 0. The Morgan fingerprint density at radius 2 is 1.91 bits per heavy atom. The van der Waals surface area contributed by atoms with E-state index in [1.807, 2.05) is 6.92 Å². The number of thioether (sulfide) groups is 1. The number of ether oxygens (including phenoxy) is 2. The van der Waals surface area contributed by atoms with E-state index in [9.17, 15) is 19.7 Å². The number of carbonyl (C=O) groups excluding carboxylic acids is 2. The van der Waals surface area contributed by atoms with Crippen molar-refractivity contribution in [2.45, 2.75) is 13.5 Å². The van der Waals surface area contributed by atoms with E-state index in [0.717, 1.165) is 22.2 Å². The Labute approximate surface area is 202 Å². The number of fused-ring (bicyclic) bond motifs is 1. The summed E-state index contributed by atoms with van der Waals surface area (Å²) in [7, 11) is 0. The van der Waals surface area contributed by atoms with Crippen molar-refractivity contribution in [3.8, 4) is 22.8 Å². The minimum absolute atomic E-state index is 0.0201. The average Bonchev–Trinajstić information content (AvgIpc) is 3.51. The highest BCUT2D eigenvalue weighted by Gasteiger charge is 2.36. The normalized spacial score (nSPS) is 16.1. The number of aryl methyl sites for hydroxylation is 1. The number of non-ortho nitro benzene ring substituents is 1. The number of halogens is 1. The number of nitro groups is 1. The molecule has 1 fully saturated rings. The van der Waals surface area contributed by atoms with Crippen LogP contribution in [-0.4, -0.2) is 27.8 Å². The number of carbonyl (C=O) groups is 2. The molecule has 0 atom stereocenters. The number of hydrogen-bond acceptors (Lipinski definition) is 8. The Kier molecular flexibility index (Phi) is 5.54. The summed E-state index contributed by atoms with van der Waals surface area (Å²) in [5, 5.41) is 11.0. The van der Waals surface area contributed by atoms with Crippen LogP contribution in [0.2, 0.25) is 5.02 Å². The maximum absolute atomic E-state index is 12.9. The van der Waals surface area contributed by atoms with Crippen LogP contribution in [0.3, 0.4) is 0 Å². The molecule has 2 aliphatic heterocycles. The number of amides is 2. The van der Waals surface area contributed by atoms with Gasteiger partial charge in [-0.2, -0.15) is 0 Å². The lowest BCUT2D eigenvalue weighted by atomic mass is 10.1. The molecule has 5 rings (SSSR count). The molecule has 172 valence electrons. The molecule has 0 aliphatic carbocycles. The van der Waals surface area contributed by atoms with Gasteiger partial charge < -0.3 is 13.9 Å². The van der Waals surface area contributed by atoms with Gasteiger partial charge in [0, 0.05) is 34.9 Å². The van der Waals surface area contributed by atoms with Gasteiger partial charge in [-0.3, -0.25) is 24.6 Å².